The Morgan fingerprint density at radius 3 is 2.80 bits per heavy atom. The molecule has 7 nitrogen and oxygen atoms in total. The third-order valence-corrected chi connectivity index (χ3v) is 3.57. The molecule has 2 aromatic rings. The number of benzene rings is 1. The van der Waals surface area contributed by atoms with Crippen LogP contribution in [0.15, 0.2) is 29.4 Å². The minimum atomic E-state index is -0.295. The fourth-order valence-electron chi connectivity index (χ4n) is 1.54. The van der Waals surface area contributed by atoms with Crippen LogP contribution in [0.4, 0.5) is 0 Å². The Morgan fingerprint density at radius 1 is 1.45 bits per heavy atom. The monoisotopic (exact) mass is 293 g/mol. The second-order valence-electron chi connectivity index (χ2n) is 4.04. The summed E-state index contributed by atoms with van der Waals surface area (Å²) >= 11 is 1.28. The van der Waals surface area contributed by atoms with Crippen molar-refractivity contribution in [2.75, 3.05) is 6.54 Å². The van der Waals surface area contributed by atoms with E-state index >= 15 is 0 Å². The van der Waals surface area contributed by atoms with Gasteiger partial charge in [0, 0.05) is 6.54 Å². The number of hydrogen-bond donors (Lipinski definition) is 2. The summed E-state index contributed by atoms with van der Waals surface area (Å²) in [6.45, 7) is 4.26. The van der Waals surface area contributed by atoms with E-state index in [1.807, 2.05) is 6.92 Å². The number of phenolic OH excluding ortho intramolecular Hbond substituents is 1. The average Bonchev–Trinajstić information content (AvgIpc) is 2.88. The van der Waals surface area contributed by atoms with E-state index in [0.717, 1.165) is 5.69 Å². The molecule has 20 heavy (non-hydrogen) atoms. The highest BCUT2D eigenvalue weighted by Crippen LogP contribution is 2.23. The van der Waals surface area contributed by atoms with E-state index in [4.69, 9.17) is 0 Å². The Morgan fingerprint density at radius 2 is 2.15 bits per heavy atom. The third-order valence-electron chi connectivity index (χ3n) is 2.54. The van der Waals surface area contributed by atoms with Crippen molar-refractivity contribution in [1.29, 1.82) is 0 Å². The van der Waals surface area contributed by atoms with E-state index in [0.29, 0.717) is 11.7 Å². The molecule has 2 N–H and O–H groups in total. The number of rotatable bonds is 5. The maximum atomic E-state index is 11.7. The van der Waals surface area contributed by atoms with Crippen LogP contribution in [-0.2, 0) is 4.79 Å². The predicted octanol–water partition coefficient (Wildman–Crippen LogP) is 0.985. The van der Waals surface area contributed by atoms with E-state index in [1.54, 1.807) is 31.2 Å². The lowest BCUT2D eigenvalue weighted by Gasteiger charge is -2.10. The van der Waals surface area contributed by atoms with Crippen molar-refractivity contribution in [3.63, 3.8) is 0 Å². The molecule has 0 spiro atoms. The molecule has 1 amide bonds. The summed E-state index contributed by atoms with van der Waals surface area (Å²) in [6.07, 6.45) is 0. The molecule has 0 aliphatic rings. The summed E-state index contributed by atoms with van der Waals surface area (Å²) in [6, 6.07) is 6.51. The maximum Gasteiger partial charge on any atom is 0.233 e. The Kier molecular flexibility index (Phi) is 4.57. The van der Waals surface area contributed by atoms with E-state index in [1.165, 1.54) is 16.4 Å². The fourth-order valence-corrected chi connectivity index (χ4v) is 2.37. The van der Waals surface area contributed by atoms with Gasteiger partial charge in [-0.2, -0.15) is 4.68 Å². The number of aromatic hydroxyl groups is 1. The molecule has 0 unspecified atom stereocenters. The smallest absolute Gasteiger partial charge is 0.233 e. The van der Waals surface area contributed by atoms with Crippen molar-refractivity contribution in [1.82, 2.24) is 25.5 Å². The first-order chi connectivity index (χ1) is 9.61. The summed E-state index contributed by atoms with van der Waals surface area (Å²) in [5.41, 5.74) is 0.721. The zero-order valence-electron chi connectivity index (χ0n) is 11.1. The van der Waals surface area contributed by atoms with Gasteiger partial charge >= 0.3 is 0 Å². The number of tetrazole rings is 1. The van der Waals surface area contributed by atoms with Crippen molar-refractivity contribution >= 4 is 17.7 Å². The molecule has 0 bridgehead atoms. The first-order valence-electron chi connectivity index (χ1n) is 6.14. The van der Waals surface area contributed by atoms with E-state index in [2.05, 4.69) is 20.8 Å². The molecular weight excluding hydrogens is 278 g/mol. The Hall–Kier alpha value is -2.09. The first-order valence-corrected chi connectivity index (χ1v) is 7.02. The van der Waals surface area contributed by atoms with Crippen molar-refractivity contribution < 1.29 is 9.90 Å². The Balaban J connectivity index is 2.16. The van der Waals surface area contributed by atoms with Gasteiger partial charge in [-0.05, 0) is 48.5 Å². The summed E-state index contributed by atoms with van der Waals surface area (Å²) in [4.78, 5) is 11.7. The highest BCUT2D eigenvalue weighted by atomic mass is 32.2. The van der Waals surface area contributed by atoms with Crippen molar-refractivity contribution in [3.8, 4) is 11.4 Å². The van der Waals surface area contributed by atoms with E-state index in [-0.39, 0.29) is 16.9 Å². The number of amides is 1. The van der Waals surface area contributed by atoms with Crippen LogP contribution < -0.4 is 5.32 Å². The molecule has 106 valence electrons. The highest BCUT2D eigenvalue weighted by molar-refractivity contribution is 8.00. The van der Waals surface area contributed by atoms with Crippen LogP contribution >= 0.6 is 11.8 Å². The standard InChI is InChI=1S/C12H15N5O2S/c1-3-13-11(19)8(2)20-12-14-15-16-17(12)9-4-6-10(18)7-5-9/h4-8,18H,3H2,1-2H3,(H,13,19)/t8-/m1/s1. The molecule has 1 aromatic carbocycles. The lowest BCUT2D eigenvalue weighted by atomic mass is 10.3. The van der Waals surface area contributed by atoms with Gasteiger partial charge in [-0.3, -0.25) is 4.79 Å². The number of carbonyl (C=O) groups is 1. The van der Waals surface area contributed by atoms with Gasteiger partial charge in [-0.15, -0.1) is 5.10 Å². The number of aromatic nitrogens is 4. The van der Waals surface area contributed by atoms with Gasteiger partial charge in [-0.25, -0.2) is 0 Å². The van der Waals surface area contributed by atoms with Gasteiger partial charge in [-0.1, -0.05) is 11.8 Å². The average molecular weight is 293 g/mol. The normalized spacial score (nSPS) is 12.1. The Bertz CT molecular complexity index is 584. The maximum absolute atomic E-state index is 11.7. The van der Waals surface area contributed by atoms with Crippen LogP contribution in [0, 0.1) is 0 Å². The van der Waals surface area contributed by atoms with E-state index in [9.17, 15) is 9.90 Å². The van der Waals surface area contributed by atoms with Crippen LogP contribution in [0.25, 0.3) is 5.69 Å². The molecule has 0 saturated carbocycles. The summed E-state index contributed by atoms with van der Waals surface area (Å²) in [5, 5.41) is 23.7. The molecule has 1 heterocycles. The topological polar surface area (TPSA) is 92.9 Å². The second kappa shape index (κ2) is 6.38. The number of phenols is 1. The van der Waals surface area contributed by atoms with Gasteiger partial charge in [0.05, 0.1) is 10.9 Å². The first kappa shape index (κ1) is 14.3. The predicted molar refractivity (Wildman–Crippen MR) is 74.8 cm³/mol. The fraction of sp³-hybridized carbons (Fsp3) is 0.333. The van der Waals surface area contributed by atoms with Gasteiger partial charge < -0.3 is 10.4 Å². The Labute approximate surface area is 120 Å². The molecule has 8 heteroatoms. The van der Waals surface area contributed by atoms with Crippen LogP contribution in [0.5, 0.6) is 5.75 Å². The minimum Gasteiger partial charge on any atom is -0.508 e. The number of carbonyl (C=O) groups excluding carboxylic acids is 1. The molecule has 0 aliphatic heterocycles. The number of nitrogens with one attached hydrogen (secondary N) is 1. The molecular formula is C12H15N5O2S. The lowest BCUT2D eigenvalue weighted by Crippen LogP contribution is -2.30. The quantitative estimate of drug-likeness (QED) is 0.798. The van der Waals surface area contributed by atoms with Gasteiger partial charge in [0.1, 0.15) is 5.75 Å². The zero-order chi connectivity index (χ0) is 14.5. The zero-order valence-corrected chi connectivity index (χ0v) is 12.0. The van der Waals surface area contributed by atoms with Gasteiger partial charge in [0.25, 0.3) is 0 Å². The molecule has 0 saturated heterocycles. The SMILES string of the molecule is CCNC(=O)[C@@H](C)Sc1nnnn1-c1ccc(O)cc1. The van der Waals surface area contributed by atoms with Crippen LogP contribution in [0.3, 0.4) is 0 Å². The van der Waals surface area contributed by atoms with Crippen molar-refractivity contribution in [3.05, 3.63) is 24.3 Å². The van der Waals surface area contributed by atoms with Gasteiger partial charge in [0.15, 0.2) is 0 Å². The van der Waals surface area contributed by atoms with Crippen molar-refractivity contribution in [2.45, 2.75) is 24.3 Å². The lowest BCUT2D eigenvalue weighted by molar-refractivity contribution is -0.120. The molecule has 1 aromatic heterocycles. The molecule has 1 atom stereocenters. The molecule has 0 aliphatic carbocycles. The van der Waals surface area contributed by atoms with E-state index < -0.39 is 0 Å². The number of thioether (sulfide) groups is 1. The van der Waals surface area contributed by atoms with Crippen LogP contribution in [0.2, 0.25) is 0 Å². The van der Waals surface area contributed by atoms with Crippen LogP contribution in [0.1, 0.15) is 13.8 Å². The molecule has 0 fully saturated rings. The highest BCUT2D eigenvalue weighted by Gasteiger charge is 2.18. The van der Waals surface area contributed by atoms with Gasteiger partial charge in [0.2, 0.25) is 11.1 Å². The number of hydrogen-bond acceptors (Lipinski definition) is 6. The molecule has 2 rings (SSSR count). The number of nitrogens with zero attached hydrogens (tertiary/aromatic N) is 4. The largest absolute Gasteiger partial charge is 0.508 e. The summed E-state index contributed by atoms with van der Waals surface area (Å²) < 4.78 is 1.53. The minimum absolute atomic E-state index is 0.0576. The third kappa shape index (κ3) is 3.27. The molecule has 0 radical (unpaired) electrons. The summed E-state index contributed by atoms with van der Waals surface area (Å²) in [7, 11) is 0. The van der Waals surface area contributed by atoms with Crippen LogP contribution in [-0.4, -0.2) is 43.0 Å². The van der Waals surface area contributed by atoms with Crippen molar-refractivity contribution in [2.24, 2.45) is 0 Å². The summed E-state index contributed by atoms with van der Waals surface area (Å²) in [5.74, 6) is 0.115. The second-order valence-corrected chi connectivity index (χ2v) is 5.35.